The molecule has 7 aromatic carbocycles. The normalized spacial score (nSPS) is 12.0. The molecule has 3 heterocycles. The third-order valence-corrected chi connectivity index (χ3v) is 11.5. The van der Waals surface area contributed by atoms with Gasteiger partial charge < -0.3 is 4.57 Å². The van der Waals surface area contributed by atoms with Gasteiger partial charge in [-0.05, 0) is 75.5 Å². The van der Waals surface area contributed by atoms with Crippen LogP contribution in [0.1, 0.15) is 0 Å². The molecule has 3 heteroatoms. The van der Waals surface area contributed by atoms with Gasteiger partial charge in [0.1, 0.15) is 0 Å². The van der Waals surface area contributed by atoms with Crippen molar-refractivity contribution in [2.24, 2.45) is 0 Å². The van der Waals surface area contributed by atoms with Crippen LogP contribution in [0.25, 0.3) is 90.1 Å². The molecule has 0 fully saturated rings. The molecule has 0 saturated heterocycles. The van der Waals surface area contributed by atoms with Gasteiger partial charge in [-0.2, -0.15) is 0 Å². The molecule has 0 saturated carbocycles. The molecule has 210 valence electrons. The molecule has 0 aliphatic rings. The molecule has 10 aromatic rings. The molecule has 0 bridgehead atoms. The molecule has 0 aliphatic heterocycles. The summed E-state index contributed by atoms with van der Waals surface area (Å²) in [6.45, 7) is 0. The van der Waals surface area contributed by atoms with Gasteiger partial charge in [-0.15, -0.1) is 22.7 Å². The second-order valence-corrected chi connectivity index (χ2v) is 13.9. The lowest BCUT2D eigenvalue weighted by molar-refractivity contribution is 1.19. The molecular formula is C42H25NS2. The highest BCUT2D eigenvalue weighted by molar-refractivity contribution is 7.27. The van der Waals surface area contributed by atoms with Gasteiger partial charge in [-0.3, -0.25) is 0 Å². The van der Waals surface area contributed by atoms with Crippen molar-refractivity contribution in [3.05, 3.63) is 152 Å². The van der Waals surface area contributed by atoms with Crippen LogP contribution in [-0.2, 0) is 0 Å². The molecule has 0 amide bonds. The predicted molar refractivity (Wildman–Crippen MR) is 197 cm³/mol. The van der Waals surface area contributed by atoms with E-state index in [0.29, 0.717) is 0 Å². The maximum Gasteiger partial charge on any atom is 0.0727 e. The minimum Gasteiger partial charge on any atom is -0.308 e. The zero-order chi connectivity index (χ0) is 29.5. The summed E-state index contributed by atoms with van der Waals surface area (Å²) in [7, 11) is 0. The fourth-order valence-corrected chi connectivity index (χ4v) is 9.44. The van der Waals surface area contributed by atoms with Crippen LogP contribution < -0.4 is 0 Å². The minimum absolute atomic E-state index is 1.20. The molecule has 0 N–H and O–H groups in total. The zero-order valence-corrected chi connectivity index (χ0v) is 25.8. The van der Waals surface area contributed by atoms with E-state index in [9.17, 15) is 0 Å². The number of benzene rings is 7. The first kappa shape index (κ1) is 25.1. The predicted octanol–water partition coefficient (Wildman–Crippen LogP) is 12.9. The van der Waals surface area contributed by atoms with Crippen LogP contribution in [0, 0.1) is 0 Å². The van der Waals surface area contributed by atoms with Crippen molar-refractivity contribution in [1.29, 1.82) is 0 Å². The van der Waals surface area contributed by atoms with Crippen LogP contribution >= 0.6 is 22.7 Å². The Bertz CT molecular complexity index is 2740. The molecule has 10 rings (SSSR count). The summed E-state index contributed by atoms with van der Waals surface area (Å²) in [5, 5.41) is 7.97. The number of hydrogen-bond acceptors (Lipinski definition) is 2. The summed E-state index contributed by atoms with van der Waals surface area (Å²) in [6.07, 6.45) is 0. The van der Waals surface area contributed by atoms with E-state index in [4.69, 9.17) is 0 Å². The van der Waals surface area contributed by atoms with E-state index in [-0.39, 0.29) is 0 Å². The quantitative estimate of drug-likeness (QED) is 0.188. The Morgan fingerprint density at radius 2 is 1.07 bits per heavy atom. The molecule has 1 nitrogen and oxygen atoms in total. The van der Waals surface area contributed by atoms with E-state index in [1.807, 2.05) is 22.7 Å². The van der Waals surface area contributed by atoms with Crippen molar-refractivity contribution < 1.29 is 0 Å². The van der Waals surface area contributed by atoms with Crippen LogP contribution in [0.2, 0.25) is 0 Å². The second-order valence-electron chi connectivity index (χ2n) is 11.7. The van der Waals surface area contributed by atoms with E-state index in [0.717, 1.165) is 0 Å². The van der Waals surface area contributed by atoms with E-state index in [1.165, 1.54) is 90.1 Å². The van der Waals surface area contributed by atoms with Gasteiger partial charge >= 0.3 is 0 Å². The number of para-hydroxylation sites is 2. The van der Waals surface area contributed by atoms with Gasteiger partial charge in [-0.25, -0.2) is 0 Å². The van der Waals surface area contributed by atoms with Gasteiger partial charge in [0, 0.05) is 41.3 Å². The van der Waals surface area contributed by atoms with Gasteiger partial charge in [0.2, 0.25) is 0 Å². The van der Waals surface area contributed by atoms with Gasteiger partial charge in [0.15, 0.2) is 0 Å². The molecule has 45 heavy (non-hydrogen) atoms. The largest absolute Gasteiger partial charge is 0.308 e. The van der Waals surface area contributed by atoms with E-state index in [2.05, 4.69) is 156 Å². The van der Waals surface area contributed by atoms with Crippen LogP contribution in [0.3, 0.4) is 0 Å². The summed E-state index contributed by atoms with van der Waals surface area (Å²) in [6, 6.07) is 55.7. The SMILES string of the molecule is c1ccc(-n2c3ccccc3c3sc4ccc(-c5ccc(-c6ccc7c(c6)sc6ccc8ccccc8c67)cc5)cc4c32)cc1. The van der Waals surface area contributed by atoms with E-state index >= 15 is 0 Å². The first-order valence-electron chi connectivity index (χ1n) is 15.3. The maximum absolute atomic E-state index is 2.43. The summed E-state index contributed by atoms with van der Waals surface area (Å²) in [5.41, 5.74) is 8.72. The topological polar surface area (TPSA) is 4.93 Å². The lowest BCUT2D eigenvalue weighted by Gasteiger charge is -2.09. The van der Waals surface area contributed by atoms with Crippen molar-refractivity contribution in [3.63, 3.8) is 0 Å². The fraction of sp³-hybridized carbons (Fsp3) is 0. The number of aromatic nitrogens is 1. The standard InChI is InChI=1S/C42H25NS2/c1-2-9-31(10-3-1)43-36-13-7-6-12-33(36)42-41(43)35-24-29(20-22-37(35)45-42)26-14-16-27(17-15-26)30-18-21-34-39(25-30)44-38-23-19-28-8-4-5-11-32(28)40(34)38/h1-25H. The molecule has 3 aromatic heterocycles. The summed E-state index contributed by atoms with van der Waals surface area (Å²) in [5.74, 6) is 0. The molecule has 0 atom stereocenters. The fourth-order valence-electron chi connectivity index (χ4n) is 7.08. The van der Waals surface area contributed by atoms with Crippen LogP contribution in [0.15, 0.2) is 152 Å². The smallest absolute Gasteiger partial charge is 0.0727 e. The number of thiophene rings is 2. The highest BCUT2D eigenvalue weighted by atomic mass is 32.1. The number of fused-ring (bicyclic) bond motifs is 10. The number of hydrogen-bond donors (Lipinski definition) is 0. The average molecular weight is 608 g/mol. The third-order valence-electron chi connectivity index (χ3n) is 9.20. The monoisotopic (exact) mass is 607 g/mol. The highest BCUT2D eigenvalue weighted by Gasteiger charge is 2.18. The van der Waals surface area contributed by atoms with Crippen molar-refractivity contribution >= 4 is 84.8 Å². The first-order chi connectivity index (χ1) is 22.3. The Kier molecular flexibility index (Phi) is 5.39. The molecule has 0 spiro atoms. The Morgan fingerprint density at radius 1 is 0.400 bits per heavy atom. The first-order valence-corrected chi connectivity index (χ1v) is 16.9. The summed E-state index contributed by atoms with van der Waals surface area (Å²) >= 11 is 3.78. The molecule has 0 aliphatic carbocycles. The number of nitrogens with zero attached hydrogens (tertiary/aromatic N) is 1. The molecule has 0 radical (unpaired) electrons. The van der Waals surface area contributed by atoms with Crippen LogP contribution in [-0.4, -0.2) is 4.57 Å². The lowest BCUT2D eigenvalue weighted by Crippen LogP contribution is -1.92. The number of rotatable bonds is 3. The van der Waals surface area contributed by atoms with E-state index < -0.39 is 0 Å². The van der Waals surface area contributed by atoms with E-state index in [1.54, 1.807) is 0 Å². The molecular weight excluding hydrogens is 583 g/mol. The van der Waals surface area contributed by atoms with Crippen molar-refractivity contribution in [2.45, 2.75) is 0 Å². The average Bonchev–Trinajstić information content (AvgIpc) is 3.77. The third kappa shape index (κ3) is 3.78. The zero-order valence-electron chi connectivity index (χ0n) is 24.2. The Balaban J connectivity index is 1.07. The Labute approximate surface area is 267 Å². The van der Waals surface area contributed by atoms with Crippen molar-refractivity contribution in [1.82, 2.24) is 4.57 Å². The second kappa shape index (κ2) is 9.64. The van der Waals surface area contributed by atoms with Crippen LogP contribution in [0.5, 0.6) is 0 Å². The maximum atomic E-state index is 2.43. The summed E-state index contributed by atoms with van der Waals surface area (Å²) in [4.78, 5) is 0. The van der Waals surface area contributed by atoms with Gasteiger partial charge in [-0.1, -0.05) is 109 Å². The Hall–Kier alpha value is -5.22. The van der Waals surface area contributed by atoms with Gasteiger partial charge in [0.25, 0.3) is 0 Å². The van der Waals surface area contributed by atoms with Gasteiger partial charge in [0.05, 0.1) is 15.7 Å². The van der Waals surface area contributed by atoms with Crippen LogP contribution in [0.4, 0.5) is 0 Å². The van der Waals surface area contributed by atoms with Crippen molar-refractivity contribution in [2.75, 3.05) is 0 Å². The molecule has 0 unspecified atom stereocenters. The highest BCUT2D eigenvalue weighted by Crippen LogP contribution is 2.44. The minimum atomic E-state index is 1.20. The summed E-state index contributed by atoms with van der Waals surface area (Å²) < 4.78 is 7.79. The lowest BCUT2D eigenvalue weighted by atomic mass is 9.98. The van der Waals surface area contributed by atoms with Crippen molar-refractivity contribution in [3.8, 4) is 27.9 Å². The Morgan fingerprint density at radius 3 is 1.91 bits per heavy atom.